The van der Waals surface area contributed by atoms with Crippen molar-refractivity contribution in [3.8, 4) is 0 Å². The number of amides is 8. The normalized spacial score (nSPS) is 15.2. The topological polar surface area (TPSA) is 384 Å². The second-order valence-corrected chi connectivity index (χ2v) is 23.3. The molecule has 0 unspecified atom stereocenters. The molecular formula is C62H92N12O11S. The van der Waals surface area contributed by atoms with E-state index in [1.807, 2.05) is 51.3 Å². The Kier molecular flexibility index (Phi) is 30.8. The van der Waals surface area contributed by atoms with Gasteiger partial charge in [-0.15, -0.1) is 0 Å². The van der Waals surface area contributed by atoms with Gasteiger partial charge >= 0.3 is 5.97 Å². The number of carboxylic acids is 1. The van der Waals surface area contributed by atoms with E-state index in [4.69, 9.17) is 17.2 Å². The van der Waals surface area contributed by atoms with Crippen LogP contribution in [-0.4, -0.2) is 154 Å². The first-order chi connectivity index (χ1) is 41.1. The van der Waals surface area contributed by atoms with Crippen LogP contribution in [0.25, 0.3) is 10.9 Å². The zero-order valence-corrected chi connectivity index (χ0v) is 51.2. The maximum atomic E-state index is 14.9. The lowest BCUT2D eigenvalue weighted by Gasteiger charge is -2.29. The number of unbranched alkanes of at least 4 members (excludes halogenated alkanes) is 2. The number of thioether (sulfide) groups is 1. The lowest BCUT2D eigenvalue weighted by atomic mass is 9.96. The van der Waals surface area contributed by atoms with E-state index in [2.05, 4.69) is 47.5 Å². The van der Waals surface area contributed by atoms with Crippen LogP contribution in [0.3, 0.4) is 0 Å². The van der Waals surface area contributed by atoms with Gasteiger partial charge in [-0.1, -0.05) is 119 Å². The van der Waals surface area contributed by atoms with Crippen LogP contribution in [0.2, 0.25) is 0 Å². The van der Waals surface area contributed by atoms with Crippen molar-refractivity contribution < 1.29 is 53.4 Å². The fraction of sp³-hybridized carbons (Fsp3) is 0.532. The number of H-pyrrole nitrogens is 1. The number of para-hydroxylation sites is 1. The molecule has 4 rings (SSSR count). The molecule has 1 heterocycles. The fourth-order valence-corrected chi connectivity index (χ4v) is 10.2. The predicted molar refractivity (Wildman–Crippen MR) is 333 cm³/mol. The van der Waals surface area contributed by atoms with Crippen LogP contribution in [-0.2, 0) is 62.4 Å². The highest BCUT2D eigenvalue weighted by atomic mass is 32.2. The molecule has 0 aliphatic heterocycles. The smallest absolute Gasteiger partial charge is 0.326 e. The van der Waals surface area contributed by atoms with Gasteiger partial charge in [0, 0.05) is 36.4 Å². The van der Waals surface area contributed by atoms with E-state index in [9.17, 15) is 53.4 Å². The number of carboxylic acid groups (broad SMARTS) is 1. The number of aromatic nitrogens is 1. The van der Waals surface area contributed by atoms with Gasteiger partial charge in [0.05, 0.1) is 12.1 Å². The third kappa shape index (κ3) is 23.5. The molecule has 24 heteroatoms. The maximum Gasteiger partial charge on any atom is 0.326 e. The quantitative estimate of drug-likeness (QED) is 0.0284. The lowest BCUT2D eigenvalue weighted by molar-refractivity contribution is -0.142. The van der Waals surface area contributed by atoms with Crippen molar-refractivity contribution in [2.75, 3.05) is 25.1 Å². The lowest BCUT2D eigenvalue weighted by Crippen LogP contribution is -2.61. The number of aromatic amines is 1. The van der Waals surface area contributed by atoms with Crippen molar-refractivity contribution in [1.29, 1.82) is 0 Å². The van der Waals surface area contributed by atoms with Crippen LogP contribution >= 0.6 is 11.8 Å². The number of carbonyl (C=O) groups is 9. The van der Waals surface area contributed by atoms with Crippen LogP contribution in [0, 0.1) is 11.8 Å². The summed E-state index contributed by atoms with van der Waals surface area (Å²) in [7, 11) is 0. The third-order valence-corrected chi connectivity index (χ3v) is 15.5. The molecule has 0 radical (unpaired) electrons. The van der Waals surface area contributed by atoms with E-state index < -0.39 is 120 Å². The standard InChI is InChI=1S/C62H92N12O11S/c1-7-38(4)52(60(82)72-51(62(84)85)34-41-22-12-9-13-23-41)73-56(78)47(28-31-86-6)68-58(80)49(33-40-20-10-8-11-21-40)69-55(77)46(27-17-19-30-64)67-59(81)50(35-42-36-66-45-26-15-14-24-43(42)45)70-57(79)48(32-37(2)3)71-61(83)53(39(5)75)74-54(76)44(65)25-16-18-29-63/h8-15,20-24,26,36-39,44,46-53,66,75H,7,16-19,25,27-35,63-65H2,1-6H3,(H,67,81)(H,68,80)(H,69,77)(H,70,79)(H,71,83)(H,72,82)(H,73,78)(H,74,76)(H,84,85)/t38-,39+,44-,46-,47-,48-,49-,50-,51-,52-,53-/m0/s1. The minimum atomic E-state index is -1.50. The number of nitrogens with two attached hydrogens (primary N) is 3. The summed E-state index contributed by atoms with van der Waals surface area (Å²) in [5.74, 6) is -7.55. The number of carbonyl (C=O) groups excluding carboxylic acids is 8. The van der Waals surface area contributed by atoms with E-state index in [0.717, 1.165) is 10.9 Å². The molecule has 0 bridgehead atoms. The summed E-state index contributed by atoms with van der Waals surface area (Å²) in [4.78, 5) is 130. The van der Waals surface area contributed by atoms with Gasteiger partial charge in [0.2, 0.25) is 47.3 Å². The van der Waals surface area contributed by atoms with Crippen molar-refractivity contribution >= 4 is 75.9 Å². The van der Waals surface area contributed by atoms with Crippen LogP contribution in [0.4, 0.5) is 0 Å². The van der Waals surface area contributed by atoms with Gasteiger partial charge < -0.3 is 74.9 Å². The van der Waals surface area contributed by atoms with Crippen LogP contribution in [0.15, 0.2) is 91.1 Å². The summed E-state index contributed by atoms with van der Waals surface area (Å²) >= 11 is 1.41. The van der Waals surface area contributed by atoms with Gasteiger partial charge in [-0.2, -0.15) is 11.8 Å². The van der Waals surface area contributed by atoms with Crippen LogP contribution in [0.5, 0.6) is 0 Å². The molecule has 4 aromatic rings. The molecule has 0 spiro atoms. The number of benzene rings is 3. The summed E-state index contributed by atoms with van der Waals surface area (Å²) in [6, 6.07) is 13.4. The Hall–Kier alpha value is -7.38. The fourth-order valence-electron chi connectivity index (χ4n) is 9.68. The summed E-state index contributed by atoms with van der Waals surface area (Å²) in [6.45, 7) is 9.19. The minimum absolute atomic E-state index is 0.00598. The third-order valence-electron chi connectivity index (χ3n) is 14.9. The maximum absolute atomic E-state index is 14.9. The second kappa shape index (κ2) is 37.2. The van der Waals surface area contributed by atoms with Crippen LogP contribution < -0.4 is 59.7 Å². The Morgan fingerprint density at radius 1 is 0.523 bits per heavy atom. The largest absolute Gasteiger partial charge is 0.480 e. The van der Waals surface area contributed by atoms with Crippen molar-refractivity contribution in [1.82, 2.24) is 47.5 Å². The number of aliphatic hydroxyl groups is 1. The van der Waals surface area contributed by atoms with E-state index in [1.54, 1.807) is 73.8 Å². The molecule has 3 aromatic carbocycles. The first kappa shape index (κ1) is 71.1. The van der Waals surface area contributed by atoms with E-state index in [0.29, 0.717) is 61.1 Å². The van der Waals surface area contributed by atoms with Crippen molar-refractivity contribution in [3.63, 3.8) is 0 Å². The average molecular weight is 1210 g/mol. The zero-order valence-electron chi connectivity index (χ0n) is 50.4. The molecule has 86 heavy (non-hydrogen) atoms. The first-order valence-corrected chi connectivity index (χ1v) is 31.1. The van der Waals surface area contributed by atoms with Gasteiger partial charge in [0.15, 0.2) is 0 Å². The molecule has 0 fully saturated rings. The number of aliphatic carboxylic acids is 1. The van der Waals surface area contributed by atoms with Crippen molar-refractivity contribution in [3.05, 3.63) is 108 Å². The number of aliphatic hydroxyl groups excluding tert-OH is 1. The van der Waals surface area contributed by atoms with E-state index in [1.165, 1.54) is 18.7 Å². The Labute approximate surface area is 508 Å². The second-order valence-electron chi connectivity index (χ2n) is 22.3. The van der Waals surface area contributed by atoms with Crippen molar-refractivity contribution in [2.45, 2.75) is 172 Å². The van der Waals surface area contributed by atoms with E-state index >= 15 is 0 Å². The summed E-state index contributed by atoms with van der Waals surface area (Å²) < 4.78 is 0. The highest BCUT2D eigenvalue weighted by molar-refractivity contribution is 7.98. The van der Waals surface area contributed by atoms with E-state index in [-0.39, 0.29) is 57.4 Å². The first-order valence-electron chi connectivity index (χ1n) is 29.7. The monoisotopic (exact) mass is 1210 g/mol. The Morgan fingerprint density at radius 3 is 1.52 bits per heavy atom. The van der Waals surface area contributed by atoms with Gasteiger partial charge in [-0.25, -0.2) is 4.79 Å². The van der Waals surface area contributed by atoms with Gasteiger partial charge in [0.25, 0.3) is 0 Å². The Balaban J connectivity index is 1.65. The summed E-state index contributed by atoms with van der Waals surface area (Å²) in [5.41, 5.74) is 20.3. The minimum Gasteiger partial charge on any atom is -0.480 e. The number of rotatable bonds is 39. The average Bonchev–Trinajstić information content (AvgIpc) is 3.97. The summed E-state index contributed by atoms with van der Waals surface area (Å²) in [6.07, 6.45) is 4.91. The molecule has 472 valence electrons. The number of hydrogen-bond acceptors (Lipinski definition) is 14. The molecule has 0 aliphatic rings. The molecular weight excluding hydrogens is 1120 g/mol. The SMILES string of the molecule is CC[C@H](C)[C@H](NC(=O)[C@H](CCSC)NC(=O)[C@H](Cc1ccccc1)NC(=O)[C@H](CCCCN)NC(=O)[C@H](Cc1c[nH]c2ccccc12)NC(=O)[C@H](CC(C)C)NC(=O)[C@@H](NC(=O)[C@@H](N)CCCCN)[C@@H](C)O)C(=O)N[C@@H](Cc1ccccc1)C(=O)O. The molecule has 17 N–H and O–H groups in total. The van der Waals surface area contributed by atoms with Crippen LogP contribution in [0.1, 0.15) is 109 Å². The Morgan fingerprint density at radius 2 is 0.977 bits per heavy atom. The highest BCUT2D eigenvalue weighted by Gasteiger charge is 2.37. The summed E-state index contributed by atoms with van der Waals surface area (Å²) in [5, 5.41) is 43.5. The highest BCUT2D eigenvalue weighted by Crippen LogP contribution is 2.21. The Bertz CT molecular complexity index is 2810. The molecule has 1 aromatic heterocycles. The predicted octanol–water partition coefficient (Wildman–Crippen LogP) is 1.97. The molecule has 0 saturated carbocycles. The molecule has 0 saturated heterocycles. The zero-order chi connectivity index (χ0) is 63.3. The molecule has 11 atom stereocenters. The molecule has 8 amide bonds. The van der Waals surface area contributed by atoms with Gasteiger partial charge in [-0.3, -0.25) is 38.4 Å². The number of nitrogens with one attached hydrogen (secondary N) is 9. The van der Waals surface area contributed by atoms with Gasteiger partial charge in [0.1, 0.15) is 48.3 Å². The number of hydrogen-bond donors (Lipinski definition) is 14. The molecule has 23 nitrogen and oxygen atoms in total. The van der Waals surface area contributed by atoms with Crippen molar-refractivity contribution in [2.24, 2.45) is 29.0 Å². The number of fused-ring (bicyclic) bond motifs is 1. The van der Waals surface area contributed by atoms with Gasteiger partial charge in [-0.05, 0) is 112 Å². The molecule has 0 aliphatic carbocycles.